The number of hydrogen-bond donors (Lipinski definition) is 3. The van der Waals surface area contributed by atoms with Crippen LogP contribution in [0, 0.1) is 5.41 Å². The molecule has 7 nitrogen and oxygen atoms in total. The summed E-state index contributed by atoms with van der Waals surface area (Å²) in [5.74, 6) is -1.09. The Labute approximate surface area is 118 Å². The second-order valence-corrected chi connectivity index (χ2v) is 5.40. The third-order valence-corrected chi connectivity index (χ3v) is 4.05. The van der Waals surface area contributed by atoms with Crippen LogP contribution in [-0.4, -0.2) is 54.1 Å². The van der Waals surface area contributed by atoms with E-state index in [1.807, 2.05) is 6.92 Å². The standard InChI is InChI=1S/C13H23N3O4/c1-4-16(3)10(17)8-14-12(20)15-9-6-5-7-13(9,2)11(18)19/h9H,4-8H2,1-3H3,(H,18,19)(H2,14,15,20). The van der Waals surface area contributed by atoms with Crippen molar-refractivity contribution in [1.29, 1.82) is 0 Å². The minimum atomic E-state index is -0.929. The third kappa shape index (κ3) is 3.61. The highest BCUT2D eigenvalue weighted by atomic mass is 16.4. The number of carboxylic acid groups (broad SMARTS) is 1. The Balaban J connectivity index is 2.47. The fraction of sp³-hybridized carbons (Fsp3) is 0.769. The van der Waals surface area contributed by atoms with Gasteiger partial charge in [0.25, 0.3) is 0 Å². The Morgan fingerprint density at radius 3 is 2.60 bits per heavy atom. The summed E-state index contributed by atoms with van der Waals surface area (Å²) in [4.78, 5) is 36.1. The van der Waals surface area contributed by atoms with Crippen molar-refractivity contribution in [3.05, 3.63) is 0 Å². The molecule has 2 atom stereocenters. The normalized spacial score (nSPS) is 25.1. The average molecular weight is 285 g/mol. The van der Waals surface area contributed by atoms with Crippen molar-refractivity contribution >= 4 is 17.9 Å². The Bertz CT molecular complexity index is 399. The van der Waals surface area contributed by atoms with E-state index in [0.29, 0.717) is 19.4 Å². The number of urea groups is 1. The smallest absolute Gasteiger partial charge is 0.315 e. The van der Waals surface area contributed by atoms with Gasteiger partial charge in [-0.05, 0) is 26.7 Å². The Morgan fingerprint density at radius 1 is 1.40 bits per heavy atom. The fourth-order valence-electron chi connectivity index (χ4n) is 2.33. The van der Waals surface area contributed by atoms with Crippen LogP contribution in [0.3, 0.4) is 0 Å². The number of carbonyl (C=O) groups is 3. The molecule has 3 amide bonds. The lowest BCUT2D eigenvalue weighted by molar-refractivity contribution is -0.148. The molecule has 0 radical (unpaired) electrons. The molecule has 0 aromatic rings. The first-order valence-corrected chi connectivity index (χ1v) is 6.83. The van der Waals surface area contributed by atoms with Crippen LogP contribution in [0.15, 0.2) is 0 Å². The van der Waals surface area contributed by atoms with E-state index in [9.17, 15) is 19.5 Å². The first-order valence-electron chi connectivity index (χ1n) is 6.83. The van der Waals surface area contributed by atoms with Crippen molar-refractivity contribution in [2.75, 3.05) is 20.1 Å². The van der Waals surface area contributed by atoms with Gasteiger partial charge in [0.15, 0.2) is 0 Å². The fourth-order valence-corrected chi connectivity index (χ4v) is 2.33. The minimum Gasteiger partial charge on any atom is -0.481 e. The number of carbonyl (C=O) groups excluding carboxylic acids is 2. The second kappa shape index (κ2) is 6.58. The van der Waals surface area contributed by atoms with E-state index in [4.69, 9.17) is 0 Å². The summed E-state index contributed by atoms with van der Waals surface area (Å²) in [5, 5.41) is 14.4. The van der Waals surface area contributed by atoms with Crippen LogP contribution in [0.4, 0.5) is 4.79 Å². The predicted octanol–water partition coefficient (Wildman–Crippen LogP) is 0.407. The molecule has 1 fully saturated rings. The van der Waals surface area contributed by atoms with E-state index in [0.717, 1.165) is 6.42 Å². The molecule has 0 aliphatic heterocycles. The van der Waals surface area contributed by atoms with Crippen LogP contribution in [-0.2, 0) is 9.59 Å². The van der Waals surface area contributed by atoms with Gasteiger partial charge >= 0.3 is 12.0 Å². The number of rotatable bonds is 5. The van der Waals surface area contributed by atoms with E-state index in [-0.39, 0.29) is 12.5 Å². The lowest BCUT2D eigenvalue weighted by Gasteiger charge is -2.27. The zero-order valence-corrected chi connectivity index (χ0v) is 12.2. The van der Waals surface area contributed by atoms with Crippen LogP contribution in [0.5, 0.6) is 0 Å². The van der Waals surface area contributed by atoms with Crippen LogP contribution >= 0.6 is 0 Å². The number of nitrogens with one attached hydrogen (secondary N) is 2. The quantitative estimate of drug-likeness (QED) is 0.681. The molecule has 0 aromatic heterocycles. The monoisotopic (exact) mass is 285 g/mol. The minimum absolute atomic E-state index is 0.0906. The van der Waals surface area contributed by atoms with Gasteiger partial charge in [-0.25, -0.2) is 4.79 Å². The first-order chi connectivity index (χ1) is 9.31. The maximum absolute atomic E-state index is 11.7. The van der Waals surface area contributed by atoms with Gasteiger partial charge in [-0.1, -0.05) is 6.42 Å². The molecule has 1 aliphatic rings. The lowest BCUT2D eigenvalue weighted by Crippen LogP contribution is -2.51. The summed E-state index contributed by atoms with van der Waals surface area (Å²) < 4.78 is 0. The van der Waals surface area contributed by atoms with Gasteiger partial charge in [0.2, 0.25) is 5.91 Å². The molecular weight excluding hydrogens is 262 g/mol. The summed E-state index contributed by atoms with van der Waals surface area (Å²) in [7, 11) is 1.65. The van der Waals surface area contributed by atoms with Gasteiger partial charge in [0, 0.05) is 19.6 Å². The molecule has 20 heavy (non-hydrogen) atoms. The van der Waals surface area contributed by atoms with Crippen LogP contribution in [0.1, 0.15) is 33.1 Å². The first kappa shape index (κ1) is 16.3. The molecule has 1 rings (SSSR count). The van der Waals surface area contributed by atoms with Crippen molar-refractivity contribution < 1.29 is 19.5 Å². The molecule has 0 spiro atoms. The number of likely N-dealkylation sites (N-methyl/N-ethyl adjacent to an activating group) is 1. The number of carboxylic acids is 1. The van der Waals surface area contributed by atoms with Gasteiger partial charge in [-0.2, -0.15) is 0 Å². The average Bonchev–Trinajstić information content (AvgIpc) is 2.77. The summed E-state index contributed by atoms with van der Waals surface area (Å²) in [6.45, 7) is 3.96. The molecule has 2 unspecified atom stereocenters. The van der Waals surface area contributed by atoms with Gasteiger partial charge in [-0.3, -0.25) is 9.59 Å². The molecule has 0 aromatic carbocycles. The number of aliphatic carboxylic acids is 1. The highest BCUT2D eigenvalue weighted by Gasteiger charge is 2.45. The van der Waals surface area contributed by atoms with Crippen molar-refractivity contribution in [2.24, 2.45) is 5.41 Å². The Hall–Kier alpha value is -1.79. The molecule has 7 heteroatoms. The van der Waals surface area contributed by atoms with Crippen molar-refractivity contribution in [1.82, 2.24) is 15.5 Å². The molecule has 1 saturated carbocycles. The summed E-state index contributed by atoms with van der Waals surface area (Å²) in [6.07, 6.45) is 1.95. The predicted molar refractivity (Wildman–Crippen MR) is 73.2 cm³/mol. The topological polar surface area (TPSA) is 98.7 Å². The highest BCUT2D eigenvalue weighted by Crippen LogP contribution is 2.38. The van der Waals surface area contributed by atoms with E-state index in [2.05, 4.69) is 10.6 Å². The van der Waals surface area contributed by atoms with Gasteiger partial charge in [-0.15, -0.1) is 0 Å². The SMILES string of the molecule is CCN(C)C(=O)CNC(=O)NC1CCCC1(C)C(=O)O. The van der Waals surface area contributed by atoms with E-state index in [1.165, 1.54) is 4.90 Å². The molecule has 3 N–H and O–H groups in total. The van der Waals surface area contributed by atoms with E-state index in [1.54, 1.807) is 14.0 Å². The van der Waals surface area contributed by atoms with Crippen LogP contribution in [0.2, 0.25) is 0 Å². The maximum Gasteiger partial charge on any atom is 0.315 e. The third-order valence-electron chi connectivity index (χ3n) is 4.05. The zero-order chi connectivity index (χ0) is 15.3. The summed E-state index contributed by atoms with van der Waals surface area (Å²) in [6, 6.07) is -0.902. The molecule has 114 valence electrons. The number of amides is 3. The summed E-state index contributed by atoms with van der Waals surface area (Å²) >= 11 is 0. The molecule has 0 saturated heterocycles. The van der Waals surface area contributed by atoms with Crippen molar-refractivity contribution in [3.63, 3.8) is 0 Å². The lowest BCUT2D eigenvalue weighted by atomic mass is 9.85. The van der Waals surface area contributed by atoms with Gasteiger partial charge in [0.1, 0.15) is 0 Å². The van der Waals surface area contributed by atoms with Crippen LogP contribution in [0.25, 0.3) is 0 Å². The molecule has 0 bridgehead atoms. The summed E-state index contributed by atoms with van der Waals surface area (Å²) in [5.41, 5.74) is -0.929. The Kier molecular flexibility index (Phi) is 5.35. The van der Waals surface area contributed by atoms with Crippen molar-refractivity contribution in [3.8, 4) is 0 Å². The molecular formula is C13H23N3O4. The van der Waals surface area contributed by atoms with E-state index < -0.39 is 23.5 Å². The maximum atomic E-state index is 11.7. The number of hydrogen-bond acceptors (Lipinski definition) is 3. The second-order valence-electron chi connectivity index (χ2n) is 5.40. The zero-order valence-electron chi connectivity index (χ0n) is 12.2. The van der Waals surface area contributed by atoms with Crippen molar-refractivity contribution in [2.45, 2.75) is 39.2 Å². The molecule has 1 aliphatic carbocycles. The largest absolute Gasteiger partial charge is 0.481 e. The van der Waals surface area contributed by atoms with Gasteiger partial charge < -0.3 is 20.6 Å². The number of nitrogens with zero attached hydrogens (tertiary/aromatic N) is 1. The molecule has 0 heterocycles. The highest BCUT2D eigenvalue weighted by molar-refractivity contribution is 5.84. The van der Waals surface area contributed by atoms with Gasteiger partial charge in [0.05, 0.1) is 12.0 Å². The van der Waals surface area contributed by atoms with E-state index >= 15 is 0 Å². The Morgan fingerprint density at radius 2 is 2.05 bits per heavy atom. The van der Waals surface area contributed by atoms with Crippen LogP contribution < -0.4 is 10.6 Å².